The van der Waals surface area contributed by atoms with Crippen molar-refractivity contribution in [3.05, 3.63) is 35.9 Å². The number of benzene rings is 1. The minimum Gasteiger partial charge on any atom is -0.480 e. The Bertz CT molecular complexity index is 713. The van der Waals surface area contributed by atoms with Gasteiger partial charge >= 0.3 is 5.97 Å². The number of rotatable bonds is 13. The van der Waals surface area contributed by atoms with Gasteiger partial charge in [-0.25, -0.2) is 0 Å². The third-order valence-electron chi connectivity index (χ3n) is 4.38. The van der Waals surface area contributed by atoms with Gasteiger partial charge in [0.25, 0.3) is 0 Å². The molecule has 0 aliphatic heterocycles. The van der Waals surface area contributed by atoms with Crippen LogP contribution >= 0.6 is 0 Å². The van der Waals surface area contributed by atoms with Crippen LogP contribution in [0.1, 0.15) is 31.7 Å². The third-order valence-corrected chi connectivity index (χ3v) is 4.38. The second kappa shape index (κ2) is 13.3. The summed E-state index contributed by atoms with van der Waals surface area (Å²) in [5, 5.41) is 15.9. The number of hydrogen-bond donors (Lipinski definition) is 6. The number of unbranched alkanes of at least 4 members (excludes halogenated alkanes) is 1. The van der Waals surface area contributed by atoms with Gasteiger partial charge in [0.1, 0.15) is 18.6 Å². The summed E-state index contributed by atoms with van der Waals surface area (Å²) >= 11 is 0. The molecule has 0 aromatic heterocycles. The van der Waals surface area contributed by atoms with Crippen LogP contribution in [0.4, 0.5) is 0 Å². The van der Waals surface area contributed by atoms with Gasteiger partial charge in [0, 0.05) is 0 Å². The number of carbonyl (C=O) groups excluding carboxylic acids is 3. The molecule has 0 fully saturated rings. The van der Waals surface area contributed by atoms with Crippen molar-refractivity contribution in [3.63, 3.8) is 0 Å². The Balaban J connectivity index is 2.69. The number of nitrogens with two attached hydrogens (primary N) is 2. The van der Waals surface area contributed by atoms with Gasteiger partial charge in [-0.2, -0.15) is 0 Å². The number of hydrogen-bond acceptors (Lipinski definition) is 6. The number of aliphatic carboxylic acids is 1. The van der Waals surface area contributed by atoms with Crippen molar-refractivity contribution in [1.82, 2.24) is 16.0 Å². The fraction of sp³-hybridized carbons (Fsp3) is 0.500. The molecule has 3 amide bonds. The molecule has 0 spiro atoms. The number of amides is 3. The van der Waals surface area contributed by atoms with Gasteiger partial charge in [0.15, 0.2) is 0 Å². The lowest BCUT2D eigenvalue weighted by atomic mass is 10.0. The van der Waals surface area contributed by atoms with Crippen LogP contribution < -0.4 is 27.4 Å². The molecule has 0 aliphatic carbocycles. The van der Waals surface area contributed by atoms with Gasteiger partial charge in [-0.3, -0.25) is 19.2 Å². The third kappa shape index (κ3) is 9.48. The molecule has 8 N–H and O–H groups in total. The average molecular weight is 421 g/mol. The molecule has 3 unspecified atom stereocenters. The molecular formula is C20H31N5O5. The second-order valence-corrected chi connectivity index (χ2v) is 6.98. The predicted molar refractivity (Wildman–Crippen MR) is 111 cm³/mol. The van der Waals surface area contributed by atoms with Crippen LogP contribution in [-0.2, 0) is 25.6 Å². The molecule has 10 nitrogen and oxygen atoms in total. The Hall–Kier alpha value is -2.98. The van der Waals surface area contributed by atoms with Gasteiger partial charge in [-0.15, -0.1) is 0 Å². The first-order valence-corrected chi connectivity index (χ1v) is 9.84. The van der Waals surface area contributed by atoms with Crippen molar-refractivity contribution in [3.8, 4) is 0 Å². The van der Waals surface area contributed by atoms with E-state index in [1.54, 1.807) is 0 Å². The second-order valence-electron chi connectivity index (χ2n) is 6.98. The maximum absolute atomic E-state index is 12.6. The van der Waals surface area contributed by atoms with Gasteiger partial charge in [-0.1, -0.05) is 30.3 Å². The predicted octanol–water partition coefficient (Wildman–Crippen LogP) is -1.12. The maximum atomic E-state index is 12.6. The largest absolute Gasteiger partial charge is 0.480 e. The molecule has 1 rings (SSSR count). The van der Waals surface area contributed by atoms with E-state index >= 15 is 0 Å². The summed E-state index contributed by atoms with van der Waals surface area (Å²) in [4.78, 5) is 47.6. The first-order valence-electron chi connectivity index (χ1n) is 9.84. The van der Waals surface area contributed by atoms with E-state index in [2.05, 4.69) is 16.0 Å². The lowest BCUT2D eigenvalue weighted by Crippen LogP contribution is -2.55. The number of nitrogens with one attached hydrogen (secondary N) is 3. The van der Waals surface area contributed by atoms with Gasteiger partial charge in [-0.05, 0) is 44.7 Å². The molecule has 0 heterocycles. The van der Waals surface area contributed by atoms with E-state index in [0.29, 0.717) is 32.2 Å². The monoisotopic (exact) mass is 421 g/mol. The van der Waals surface area contributed by atoms with E-state index in [1.807, 2.05) is 30.3 Å². The molecule has 0 saturated heterocycles. The topological polar surface area (TPSA) is 177 Å². The van der Waals surface area contributed by atoms with Crippen molar-refractivity contribution < 1.29 is 24.3 Å². The first-order chi connectivity index (χ1) is 14.2. The summed E-state index contributed by atoms with van der Waals surface area (Å²) in [5.41, 5.74) is 12.4. The average Bonchev–Trinajstić information content (AvgIpc) is 2.71. The standard InChI is InChI=1S/C20H31N5O5/c1-13(18(28)23-12-17(26)27)24-20(30)16(9-5-6-10-21)25-19(29)15(22)11-14-7-3-2-4-8-14/h2-4,7-8,13,15-16H,5-6,9-12,21-22H2,1H3,(H,23,28)(H,24,30)(H,25,29)(H,26,27). The highest BCUT2D eigenvalue weighted by molar-refractivity contribution is 5.93. The summed E-state index contributed by atoms with van der Waals surface area (Å²) in [6.07, 6.45) is 1.92. The molecule has 0 aliphatic rings. The zero-order valence-corrected chi connectivity index (χ0v) is 17.1. The van der Waals surface area contributed by atoms with Crippen LogP contribution in [-0.4, -0.2) is 60.0 Å². The summed E-state index contributed by atoms with van der Waals surface area (Å²) in [5.74, 6) is -2.86. The normalized spacial score (nSPS) is 13.6. The zero-order valence-electron chi connectivity index (χ0n) is 17.1. The maximum Gasteiger partial charge on any atom is 0.322 e. The highest BCUT2D eigenvalue weighted by Crippen LogP contribution is 2.05. The van der Waals surface area contributed by atoms with Crippen LogP contribution in [0, 0.1) is 0 Å². The fourth-order valence-electron chi connectivity index (χ4n) is 2.70. The molecule has 30 heavy (non-hydrogen) atoms. The zero-order chi connectivity index (χ0) is 22.5. The van der Waals surface area contributed by atoms with Crippen LogP contribution in [0.15, 0.2) is 30.3 Å². The number of carboxylic acids is 1. The molecular weight excluding hydrogens is 390 g/mol. The number of carbonyl (C=O) groups is 4. The Morgan fingerprint density at radius 1 is 1.00 bits per heavy atom. The van der Waals surface area contributed by atoms with Crippen LogP contribution in [0.25, 0.3) is 0 Å². The minimum atomic E-state index is -1.19. The summed E-state index contributed by atoms with van der Waals surface area (Å²) < 4.78 is 0. The van der Waals surface area contributed by atoms with Gasteiger partial charge < -0.3 is 32.5 Å². The lowest BCUT2D eigenvalue weighted by Gasteiger charge is -2.22. The first kappa shape index (κ1) is 25.1. The van der Waals surface area contributed by atoms with Crippen molar-refractivity contribution in [1.29, 1.82) is 0 Å². The Morgan fingerprint density at radius 3 is 2.27 bits per heavy atom. The molecule has 10 heteroatoms. The summed E-state index contributed by atoms with van der Waals surface area (Å²) in [7, 11) is 0. The van der Waals surface area contributed by atoms with Crippen LogP contribution in [0.3, 0.4) is 0 Å². The van der Waals surface area contributed by atoms with Crippen LogP contribution in [0.2, 0.25) is 0 Å². The quantitative estimate of drug-likeness (QED) is 0.218. The molecule has 1 aromatic carbocycles. The molecule has 3 atom stereocenters. The molecule has 0 saturated carbocycles. The molecule has 0 bridgehead atoms. The fourth-order valence-corrected chi connectivity index (χ4v) is 2.70. The van der Waals surface area contributed by atoms with Gasteiger partial charge in [0.05, 0.1) is 6.04 Å². The van der Waals surface area contributed by atoms with E-state index in [0.717, 1.165) is 5.56 Å². The van der Waals surface area contributed by atoms with E-state index in [4.69, 9.17) is 16.6 Å². The van der Waals surface area contributed by atoms with Crippen molar-refractivity contribution in [2.45, 2.75) is 50.7 Å². The highest BCUT2D eigenvalue weighted by atomic mass is 16.4. The van der Waals surface area contributed by atoms with E-state index in [1.165, 1.54) is 6.92 Å². The van der Waals surface area contributed by atoms with Gasteiger partial charge in [0.2, 0.25) is 17.7 Å². The molecule has 166 valence electrons. The van der Waals surface area contributed by atoms with E-state index < -0.39 is 48.4 Å². The Morgan fingerprint density at radius 2 is 1.67 bits per heavy atom. The van der Waals surface area contributed by atoms with E-state index in [9.17, 15) is 19.2 Å². The number of carboxylic acid groups (broad SMARTS) is 1. The van der Waals surface area contributed by atoms with Crippen LogP contribution in [0.5, 0.6) is 0 Å². The lowest BCUT2D eigenvalue weighted by molar-refractivity contribution is -0.138. The Kier molecular flexibility index (Phi) is 11.1. The molecule has 1 aromatic rings. The Labute approximate surface area is 175 Å². The van der Waals surface area contributed by atoms with Crippen molar-refractivity contribution in [2.24, 2.45) is 11.5 Å². The molecule has 0 radical (unpaired) electrons. The van der Waals surface area contributed by atoms with E-state index in [-0.39, 0.29) is 0 Å². The van der Waals surface area contributed by atoms with Crippen molar-refractivity contribution in [2.75, 3.05) is 13.1 Å². The summed E-state index contributed by atoms with van der Waals surface area (Å²) in [6, 6.07) is 6.57. The smallest absolute Gasteiger partial charge is 0.322 e. The van der Waals surface area contributed by atoms with Crippen molar-refractivity contribution >= 4 is 23.7 Å². The SMILES string of the molecule is CC(NC(=O)C(CCCCN)NC(=O)C(N)Cc1ccccc1)C(=O)NCC(=O)O. The highest BCUT2D eigenvalue weighted by Gasteiger charge is 2.26. The summed E-state index contributed by atoms with van der Waals surface area (Å²) in [6.45, 7) is 1.32. The minimum absolute atomic E-state index is 0.317.